The predicted molar refractivity (Wildman–Crippen MR) is 75.6 cm³/mol. The average Bonchev–Trinajstić information content (AvgIpc) is 1.74. The Hall–Kier alpha value is 0.571. The molecule has 0 spiro atoms. The van der Waals surface area contributed by atoms with E-state index in [1.807, 2.05) is 0 Å². The average molecular weight is 265 g/mol. The highest BCUT2D eigenvalue weighted by atomic mass is 28.5. The fourth-order valence-electron chi connectivity index (χ4n) is 2.08. The molecule has 0 aromatic heterocycles. The Labute approximate surface area is 98.9 Å². The lowest BCUT2D eigenvalue weighted by Crippen LogP contribution is -2.51. The fraction of sp³-hybridized carbons (Fsp3) is 1.00. The highest BCUT2D eigenvalue weighted by Crippen LogP contribution is 2.23. The van der Waals surface area contributed by atoms with Crippen molar-refractivity contribution < 1.29 is 8.23 Å². The molecule has 0 amide bonds. The molecule has 0 rings (SSSR count). The number of hydrogen-bond donors (Lipinski definition) is 0. The van der Waals surface area contributed by atoms with E-state index in [4.69, 9.17) is 8.23 Å². The molecule has 0 heterocycles. The lowest BCUT2D eigenvalue weighted by Gasteiger charge is -2.37. The van der Waals surface area contributed by atoms with Gasteiger partial charge in [0.05, 0.1) is 0 Å². The molecule has 0 N–H and O–H groups in total. The SMILES string of the molecule is CCC[Si](C)(C)O[Si](C)(C)O[Si](C)(C)C. The minimum absolute atomic E-state index is 1.22. The van der Waals surface area contributed by atoms with Gasteiger partial charge in [0.1, 0.15) is 0 Å². The first kappa shape index (κ1) is 15.6. The maximum absolute atomic E-state index is 6.33. The first-order chi connectivity index (χ1) is 6.47. The topological polar surface area (TPSA) is 18.5 Å². The second-order valence-electron chi connectivity index (χ2n) is 6.23. The van der Waals surface area contributed by atoms with Crippen LogP contribution in [-0.4, -0.2) is 25.2 Å². The van der Waals surface area contributed by atoms with Crippen LogP contribution in [0.25, 0.3) is 0 Å². The maximum Gasteiger partial charge on any atom is 0.311 e. The Morgan fingerprint density at radius 1 is 0.800 bits per heavy atom. The molecule has 2 nitrogen and oxygen atoms in total. The summed E-state index contributed by atoms with van der Waals surface area (Å²) in [6.45, 7) is 17.9. The molecule has 0 saturated heterocycles. The zero-order chi connectivity index (χ0) is 12.3. The third kappa shape index (κ3) is 8.39. The lowest BCUT2D eigenvalue weighted by atomic mass is 10.6. The molecular formula is C10H28O2Si3. The second kappa shape index (κ2) is 5.27. The van der Waals surface area contributed by atoms with Crippen molar-refractivity contribution in [1.82, 2.24) is 0 Å². The van der Waals surface area contributed by atoms with Crippen molar-refractivity contribution >= 4 is 25.2 Å². The van der Waals surface area contributed by atoms with Crippen molar-refractivity contribution in [3.8, 4) is 0 Å². The molecule has 92 valence electrons. The Morgan fingerprint density at radius 2 is 1.27 bits per heavy atom. The number of rotatable bonds is 6. The molecule has 5 heteroatoms. The minimum Gasteiger partial charge on any atom is -0.437 e. The summed E-state index contributed by atoms with van der Waals surface area (Å²) in [6.07, 6.45) is 1.22. The quantitative estimate of drug-likeness (QED) is 0.670. The largest absolute Gasteiger partial charge is 0.437 e. The minimum atomic E-state index is -1.89. The van der Waals surface area contributed by atoms with Crippen LogP contribution in [0.1, 0.15) is 13.3 Å². The van der Waals surface area contributed by atoms with E-state index in [9.17, 15) is 0 Å². The van der Waals surface area contributed by atoms with Crippen molar-refractivity contribution in [1.29, 1.82) is 0 Å². The van der Waals surface area contributed by atoms with Gasteiger partial charge in [-0.3, -0.25) is 0 Å². The molecule has 0 fully saturated rings. The van der Waals surface area contributed by atoms with E-state index in [1.165, 1.54) is 12.5 Å². The Kier molecular flexibility index (Phi) is 5.47. The summed E-state index contributed by atoms with van der Waals surface area (Å²) >= 11 is 0. The molecule has 0 radical (unpaired) electrons. The van der Waals surface area contributed by atoms with Gasteiger partial charge in [0.25, 0.3) is 0 Å². The van der Waals surface area contributed by atoms with Gasteiger partial charge in [0.2, 0.25) is 0 Å². The van der Waals surface area contributed by atoms with Crippen molar-refractivity contribution in [2.24, 2.45) is 0 Å². The van der Waals surface area contributed by atoms with Crippen LogP contribution in [0.2, 0.25) is 51.9 Å². The first-order valence-electron chi connectivity index (χ1n) is 5.88. The van der Waals surface area contributed by atoms with Crippen molar-refractivity contribution in [2.75, 3.05) is 0 Å². The third-order valence-electron chi connectivity index (χ3n) is 1.93. The van der Waals surface area contributed by atoms with Crippen molar-refractivity contribution in [2.45, 2.75) is 65.2 Å². The van der Waals surface area contributed by atoms with Gasteiger partial charge >= 0.3 is 8.56 Å². The molecule has 0 aliphatic heterocycles. The van der Waals surface area contributed by atoms with Crippen LogP contribution in [-0.2, 0) is 8.23 Å². The molecule has 0 atom stereocenters. The van der Waals surface area contributed by atoms with Gasteiger partial charge in [0, 0.05) is 0 Å². The second-order valence-corrected chi connectivity index (χ2v) is 18.9. The van der Waals surface area contributed by atoms with Gasteiger partial charge < -0.3 is 8.23 Å². The third-order valence-corrected chi connectivity index (χ3v) is 12.2. The summed E-state index contributed by atoms with van der Waals surface area (Å²) in [5.41, 5.74) is 0. The van der Waals surface area contributed by atoms with Gasteiger partial charge in [-0.15, -0.1) is 0 Å². The van der Waals surface area contributed by atoms with E-state index in [-0.39, 0.29) is 0 Å². The molecule has 15 heavy (non-hydrogen) atoms. The monoisotopic (exact) mass is 264 g/mol. The molecule has 0 aliphatic carbocycles. The van der Waals surface area contributed by atoms with Crippen LogP contribution in [0, 0.1) is 0 Å². The molecule has 0 aromatic rings. The van der Waals surface area contributed by atoms with E-state index in [0.717, 1.165) is 0 Å². The first-order valence-corrected chi connectivity index (χ1v) is 15.2. The van der Waals surface area contributed by atoms with Crippen LogP contribution in [0.3, 0.4) is 0 Å². The van der Waals surface area contributed by atoms with Crippen LogP contribution in [0.15, 0.2) is 0 Å². The predicted octanol–water partition coefficient (Wildman–Crippen LogP) is 4.17. The Morgan fingerprint density at radius 3 is 1.60 bits per heavy atom. The normalized spacial score (nSPS) is 14.4. The highest BCUT2D eigenvalue weighted by molar-refractivity contribution is 6.87. The summed E-state index contributed by atoms with van der Waals surface area (Å²) in [5, 5.41) is 0. The van der Waals surface area contributed by atoms with E-state index in [0.29, 0.717) is 0 Å². The summed E-state index contributed by atoms with van der Waals surface area (Å²) in [7, 11) is -4.82. The zero-order valence-corrected chi connectivity index (χ0v) is 14.7. The van der Waals surface area contributed by atoms with E-state index < -0.39 is 25.2 Å². The van der Waals surface area contributed by atoms with E-state index >= 15 is 0 Å². The lowest BCUT2D eigenvalue weighted by molar-refractivity contribution is 0.391. The van der Waals surface area contributed by atoms with Crippen LogP contribution in [0.5, 0.6) is 0 Å². The van der Waals surface area contributed by atoms with Gasteiger partial charge in [-0.05, 0) is 51.9 Å². The van der Waals surface area contributed by atoms with E-state index in [1.54, 1.807) is 0 Å². The Bertz CT molecular complexity index is 197. The zero-order valence-electron chi connectivity index (χ0n) is 11.7. The standard InChI is InChI=1S/C10H28O2Si3/c1-9-10-14(5,6)12-15(7,8)11-13(2,3)4/h9-10H2,1-8H3. The van der Waals surface area contributed by atoms with Crippen LogP contribution >= 0.6 is 0 Å². The summed E-state index contributed by atoms with van der Waals surface area (Å²) < 4.78 is 12.5. The van der Waals surface area contributed by atoms with Gasteiger partial charge in [0.15, 0.2) is 16.6 Å². The van der Waals surface area contributed by atoms with Gasteiger partial charge in [-0.2, -0.15) is 0 Å². The maximum atomic E-state index is 6.33. The van der Waals surface area contributed by atoms with Crippen LogP contribution in [0.4, 0.5) is 0 Å². The van der Waals surface area contributed by atoms with Crippen molar-refractivity contribution in [3.05, 3.63) is 0 Å². The Balaban J connectivity index is 4.36. The molecule has 0 unspecified atom stereocenters. The highest BCUT2D eigenvalue weighted by Gasteiger charge is 2.37. The fourth-order valence-corrected chi connectivity index (χ4v) is 15.5. The molecule has 0 bridgehead atoms. The number of hydrogen-bond acceptors (Lipinski definition) is 2. The van der Waals surface area contributed by atoms with Gasteiger partial charge in [-0.1, -0.05) is 13.3 Å². The molecular weight excluding hydrogens is 236 g/mol. The molecule has 0 aliphatic rings. The van der Waals surface area contributed by atoms with Gasteiger partial charge in [-0.25, -0.2) is 0 Å². The summed E-state index contributed by atoms with van der Waals surface area (Å²) in [5.74, 6) is 0. The summed E-state index contributed by atoms with van der Waals surface area (Å²) in [4.78, 5) is 0. The molecule has 0 aromatic carbocycles. The van der Waals surface area contributed by atoms with Crippen molar-refractivity contribution in [3.63, 3.8) is 0 Å². The van der Waals surface area contributed by atoms with Crippen LogP contribution < -0.4 is 0 Å². The smallest absolute Gasteiger partial charge is 0.311 e. The van der Waals surface area contributed by atoms with E-state index in [2.05, 4.69) is 52.8 Å². The molecule has 0 saturated carbocycles. The summed E-state index contributed by atoms with van der Waals surface area (Å²) in [6, 6.07) is 1.23.